The fourth-order valence-electron chi connectivity index (χ4n) is 1.30. The Kier molecular flexibility index (Phi) is 2.80. The summed E-state index contributed by atoms with van der Waals surface area (Å²) in [5.74, 6) is 0. The molecule has 0 amide bonds. The molecule has 13 heavy (non-hydrogen) atoms. The predicted octanol–water partition coefficient (Wildman–Crippen LogP) is 0.137. The van der Waals surface area contributed by atoms with Crippen molar-refractivity contribution >= 4 is 7.60 Å². The molecule has 1 rings (SSSR count). The van der Waals surface area contributed by atoms with E-state index in [-0.39, 0.29) is 17.9 Å². The first-order valence-corrected chi connectivity index (χ1v) is 5.26. The van der Waals surface area contributed by atoms with Crippen molar-refractivity contribution in [3.63, 3.8) is 0 Å². The van der Waals surface area contributed by atoms with Crippen molar-refractivity contribution in [3.05, 3.63) is 0 Å². The molecule has 2 atom stereocenters. The van der Waals surface area contributed by atoms with Crippen LogP contribution in [0.3, 0.4) is 0 Å². The van der Waals surface area contributed by atoms with E-state index in [9.17, 15) is 9.77 Å². The molecule has 0 spiro atoms. The molecule has 0 aromatic heterocycles. The first-order valence-electron chi connectivity index (χ1n) is 3.65. The first kappa shape index (κ1) is 11.1. The average molecular weight is 212 g/mol. The van der Waals surface area contributed by atoms with E-state index in [0.717, 1.165) is 6.92 Å². The summed E-state index contributed by atoms with van der Waals surface area (Å²) in [6.45, 7) is 1.15. The lowest BCUT2D eigenvalue weighted by Crippen LogP contribution is -2.42. The zero-order chi connectivity index (χ0) is 10.3. The zero-order valence-corrected chi connectivity index (χ0v) is 7.85. The molecule has 1 heterocycles. The second-order valence-electron chi connectivity index (χ2n) is 3.19. The normalized spacial score (nSPS) is 36.8. The summed E-state index contributed by atoms with van der Waals surface area (Å²) in [6.07, 6.45) is -1.09. The molecular formula is C5H11NO6P. The summed E-state index contributed by atoms with van der Waals surface area (Å²) in [7, 11) is -4.51. The molecule has 1 fully saturated rings. The second kappa shape index (κ2) is 3.29. The number of hydrogen-bond acceptors (Lipinski definition) is 4. The minimum atomic E-state index is -4.51. The van der Waals surface area contributed by atoms with Crippen molar-refractivity contribution in [2.24, 2.45) is 0 Å². The van der Waals surface area contributed by atoms with Crippen molar-refractivity contribution in [3.8, 4) is 0 Å². The van der Waals surface area contributed by atoms with Gasteiger partial charge in [-0.05, 0) is 19.8 Å². The van der Waals surface area contributed by atoms with Crippen molar-refractivity contribution in [2.75, 3.05) is 0 Å². The van der Waals surface area contributed by atoms with Gasteiger partial charge in [0.15, 0.2) is 11.5 Å². The minimum Gasteiger partial charge on any atom is -0.323 e. The smallest absolute Gasteiger partial charge is 0.323 e. The predicted molar refractivity (Wildman–Crippen MR) is 39.7 cm³/mol. The van der Waals surface area contributed by atoms with Crippen LogP contribution in [-0.4, -0.2) is 31.6 Å². The summed E-state index contributed by atoms with van der Waals surface area (Å²) in [5, 5.41) is 17.8. The SMILES string of the molecule is C[C@]1(P(=O)(O)O)CC[C@@H](OO)N1[O]. The van der Waals surface area contributed by atoms with Crippen LogP contribution in [0, 0.1) is 0 Å². The van der Waals surface area contributed by atoms with Gasteiger partial charge < -0.3 is 9.79 Å². The highest BCUT2D eigenvalue weighted by atomic mass is 31.2. The third-order valence-electron chi connectivity index (χ3n) is 2.35. The fourth-order valence-corrected chi connectivity index (χ4v) is 2.11. The lowest BCUT2D eigenvalue weighted by Gasteiger charge is -2.29. The number of rotatable bonds is 2. The minimum absolute atomic E-state index is 0.00793. The van der Waals surface area contributed by atoms with Crippen molar-refractivity contribution in [1.29, 1.82) is 0 Å². The van der Waals surface area contributed by atoms with Crippen LogP contribution in [0.2, 0.25) is 0 Å². The van der Waals surface area contributed by atoms with Crippen LogP contribution in [0.1, 0.15) is 19.8 Å². The summed E-state index contributed by atoms with van der Waals surface area (Å²) in [5.41, 5.74) is 0. The van der Waals surface area contributed by atoms with Crippen LogP contribution in [-0.2, 0) is 14.7 Å². The Morgan fingerprint density at radius 1 is 1.62 bits per heavy atom. The molecule has 3 N–H and O–H groups in total. The maximum atomic E-state index is 11.2. The third kappa shape index (κ3) is 1.64. The van der Waals surface area contributed by atoms with Crippen LogP contribution in [0.5, 0.6) is 0 Å². The second-order valence-corrected chi connectivity index (χ2v) is 5.24. The van der Waals surface area contributed by atoms with Gasteiger partial charge in [-0.1, -0.05) is 0 Å². The van der Waals surface area contributed by atoms with E-state index in [0.29, 0.717) is 0 Å². The lowest BCUT2D eigenvalue weighted by atomic mass is 10.2. The molecule has 1 aliphatic rings. The Hall–Kier alpha value is -0.0100. The van der Waals surface area contributed by atoms with Gasteiger partial charge in [0, 0.05) is 0 Å². The standard InChI is InChI=1S/C5H11NO6P/c1-5(13(9,10)11)3-2-4(12-8)6(5)7/h4,8H,2-3H2,1H3,(H2,9,10,11)/t4-,5+/m1/s1. The van der Waals surface area contributed by atoms with Gasteiger partial charge in [-0.3, -0.25) is 9.82 Å². The maximum Gasteiger partial charge on any atom is 0.347 e. The van der Waals surface area contributed by atoms with Gasteiger partial charge in [-0.2, -0.15) is 0 Å². The molecule has 0 aromatic carbocycles. The monoisotopic (exact) mass is 212 g/mol. The molecule has 1 radical (unpaired) electrons. The zero-order valence-electron chi connectivity index (χ0n) is 6.95. The van der Waals surface area contributed by atoms with E-state index in [2.05, 4.69) is 4.89 Å². The maximum absolute atomic E-state index is 11.2. The highest BCUT2D eigenvalue weighted by Gasteiger charge is 2.56. The molecule has 0 unspecified atom stereocenters. The topological polar surface area (TPSA) is 110 Å². The average Bonchev–Trinajstić information content (AvgIpc) is 2.29. The van der Waals surface area contributed by atoms with Crippen LogP contribution in [0.4, 0.5) is 0 Å². The molecule has 77 valence electrons. The Balaban J connectivity index is 2.90. The molecular weight excluding hydrogens is 201 g/mol. The lowest BCUT2D eigenvalue weighted by molar-refractivity contribution is -0.372. The Morgan fingerprint density at radius 2 is 2.15 bits per heavy atom. The highest BCUT2D eigenvalue weighted by Crippen LogP contribution is 2.58. The van der Waals surface area contributed by atoms with E-state index < -0.39 is 19.1 Å². The van der Waals surface area contributed by atoms with E-state index in [1.807, 2.05) is 0 Å². The van der Waals surface area contributed by atoms with Crippen molar-refractivity contribution < 1.29 is 29.7 Å². The van der Waals surface area contributed by atoms with Crippen LogP contribution in [0.15, 0.2) is 0 Å². The van der Waals surface area contributed by atoms with Gasteiger partial charge in [-0.15, -0.1) is 10.3 Å². The Bertz CT molecular complexity index is 241. The molecule has 8 heteroatoms. The summed E-state index contributed by atoms with van der Waals surface area (Å²) in [6, 6.07) is 0. The first-order chi connectivity index (χ1) is 5.83. The van der Waals surface area contributed by atoms with Gasteiger partial charge in [0.1, 0.15) is 0 Å². The summed E-state index contributed by atoms with van der Waals surface area (Å²) < 4.78 is 10.9. The Morgan fingerprint density at radius 3 is 2.38 bits per heavy atom. The van der Waals surface area contributed by atoms with Gasteiger partial charge in [0.05, 0.1) is 0 Å². The van der Waals surface area contributed by atoms with Crippen LogP contribution in [0.25, 0.3) is 0 Å². The van der Waals surface area contributed by atoms with Gasteiger partial charge in [-0.25, -0.2) is 4.89 Å². The van der Waals surface area contributed by atoms with E-state index in [1.54, 1.807) is 0 Å². The molecule has 1 saturated heterocycles. The molecule has 0 aromatic rings. The van der Waals surface area contributed by atoms with E-state index in [1.165, 1.54) is 0 Å². The largest absolute Gasteiger partial charge is 0.347 e. The highest BCUT2D eigenvalue weighted by molar-refractivity contribution is 7.53. The summed E-state index contributed by atoms with van der Waals surface area (Å²) in [4.78, 5) is 21.6. The summed E-state index contributed by atoms with van der Waals surface area (Å²) >= 11 is 0. The van der Waals surface area contributed by atoms with Crippen LogP contribution >= 0.6 is 7.60 Å². The third-order valence-corrected chi connectivity index (χ3v) is 4.03. The Labute approximate surface area is 74.6 Å². The van der Waals surface area contributed by atoms with Crippen LogP contribution < -0.4 is 0 Å². The molecule has 1 aliphatic heterocycles. The molecule has 0 bridgehead atoms. The van der Waals surface area contributed by atoms with Crippen molar-refractivity contribution in [1.82, 2.24) is 5.06 Å². The number of hydroxylamine groups is 2. The molecule has 0 aliphatic carbocycles. The van der Waals surface area contributed by atoms with Gasteiger partial charge in [0.2, 0.25) is 0 Å². The van der Waals surface area contributed by atoms with E-state index >= 15 is 0 Å². The van der Waals surface area contributed by atoms with E-state index in [4.69, 9.17) is 15.0 Å². The molecule has 0 saturated carbocycles. The number of nitrogens with zero attached hydrogens (tertiary/aromatic N) is 1. The number of hydrogen-bond donors (Lipinski definition) is 3. The fraction of sp³-hybridized carbons (Fsp3) is 1.00. The van der Waals surface area contributed by atoms with Gasteiger partial charge >= 0.3 is 7.60 Å². The quantitative estimate of drug-likeness (QED) is 0.341. The van der Waals surface area contributed by atoms with Crippen molar-refractivity contribution in [2.45, 2.75) is 31.3 Å². The molecule has 7 nitrogen and oxygen atoms in total. The van der Waals surface area contributed by atoms with Gasteiger partial charge in [0.25, 0.3) is 0 Å².